The standard InChI is InChI=1S/C11H18N2O3S2/c1-8-6-10(12)7-9(2)11(8)18(15,16)13-4-5-17(3)14/h6-7,13H,4-5,12H2,1-3H3. The first-order valence-corrected chi connectivity index (χ1v) is 8.61. The Kier molecular flexibility index (Phi) is 4.89. The first-order chi connectivity index (χ1) is 8.24. The fourth-order valence-corrected chi connectivity index (χ4v) is 3.80. The Bertz CT molecular complexity index is 545. The van der Waals surface area contributed by atoms with E-state index < -0.39 is 20.8 Å². The fraction of sp³-hybridized carbons (Fsp3) is 0.455. The molecule has 1 atom stereocenters. The van der Waals surface area contributed by atoms with E-state index >= 15 is 0 Å². The number of aryl methyl sites for hydroxylation is 2. The summed E-state index contributed by atoms with van der Waals surface area (Å²) in [5.41, 5.74) is 7.41. The van der Waals surface area contributed by atoms with Gasteiger partial charge >= 0.3 is 0 Å². The Morgan fingerprint density at radius 1 is 1.28 bits per heavy atom. The van der Waals surface area contributed by atoms with Gasteiger partial charge in [-0.3, -0.25) is 4.21 Å². The number of nitrogens with two attached hydrogens (primary N) is 1. The molecule has 0 bridgehead atoms. The van der Waals surface area contributed by atoms with Gasteiger partial charge in [-0.05, 0) is 37.1 Å². The van der Waals surface area contributed by atoms with E-state index in [9.17, 15) is 12.6 Å². The van der Waals surface area contributed by atoms with E-state index in [-0.39, 0.29) is 11.4 Å². The first-order valence-electron chi connectivity index (χ1n) is 5.40. The molecule has 1 aromatic carbocycles. The maximum Gasteiger partial charge on any atom is 0.241 e. The molecule has 0 spiro atoms. The summed E-state index contributed by atoms with van der Waals surface area (Å²) in [6.07, 6.45) is 1.54. The molecule has 7 heteroatoms. The van der Waals surface area contributed by atoms with Crippen LogP contribution in [-0.2, 0) is 20.8 Å². The van der Waals surface area contributed by atoms with Gasteiger partial charge in [0.25, 0.3) is 0 Å². The maximum absolute atomic E-state index is 12.1. The third-order valence-electron chi connectivity index (χ3n) is 2.43. The summed E-state index contributed by atoms with van der Waals surface area (Å²) in [4.78, 5) is 0.249. The van der Waals surface area contributed by atoms with Gasteiger partial charge in [0.1, 0.15) is 0 Å². The van der Waals surface area contributed by atoms with Crippen molar-refractivity contribution in [1.82, 2.24) is 4.72 Å². The average molecular weight is 290 g/mol. The molecule has 5 nitrogen and oxygen atoms in total. The number of nitrogen functional groups attached to an aromatic ring is 1. The van der Waals surface area contributed by atoms with Gasteiger partial charge in [0.15, 0.2) is 0 Å². The molecule has 1 rings (SSSR count). The van der Waals surface area contributed by atoms with E-state index in [1.807, 2.05) is 0 Å². The van der Waals surface area contributed by atoms with Crippen molar-refractivity contribution >= 4 is 26.5 Å². The van der Waals surface area contributed by atoms with Crippen molar-refractivity contribution < 1.29 is 12.6 Å². The van der Waals surface area contributed by atoms with Crippen LogP contribution in [0, 0.1) is 13.8 Å². The van der Waals surface area contributed by atoms with Crippen molar-refractivity contribution in [2.75, 3.05) is 24.3 Å². The predicted molar refractivity (Wildman–Crippen MR) is 74.5 cm³/mol. The van der Waals surface area contributed by atoms with Gasteiger partial charge in [0.05, 0.1) is 4.90 Å². The minimum Gasteiger partial charge on any atom is -0.399 e. The van der Waals surface area contributed by atoms with Crippen LogP contribution in [0.25, 0.3) is 0 Å². The lowest BCUT2D eigenvalue weighted by molar-refractivity contribution is 0.582. The number of rotatable bonds is 5. The van der Waals surface area contributed by atoms with Crippen molar-refractivity contribution in [1.29, 1.82) is 0 Å². The highest BCUT2D eigenvalue weighted by atomic mass is 32.2. The minimum absolute atomic E-state index is 0.161. The molecule has 3 N–H and O–H groups in total. The summed E-state index contributed by atoms with van der Waals surface area (Å²) in [6, 6.07) is 3.25. The van der Waals surface area contributed by atoms with Crippen molar-refractivity contribution in [2.24, 2.45) is 0 Å². The van der Waals surface area contributed by atoms with Crippen LogP contribution in [0.1, 0.15) is 11.1 Å². The molecular weight excluding hydrogens is 272 g/mol. The Balaban J connectivity index is 3.02. The summed E-state index contributed by atoms with van der Waals surface area (Å²) in [7, 11) is -4.59. The molecular formula is C11H18N2O3S2. The highest BCUT2D eigenvalue weighted by molar-refractivity contribution is 7.89. The highest BCUT2D eigenvalue weighted by Gasteiger charge is 2.19. The molecule has 0 saturated heterocycles. The average Bonchev–Trinajstić information content (AvgIpc) is 2.13. The molecule has 102 valence electrons. The lowest BCUT2D eigenvalue weighted by atomic mass is 10.1. The summed E-state index contributed by atoms with van der Waals surface area (Å²) in [6.45, 7) is 3.57. The Morgan fingerprint density at radius 2 is 1.78 bits per heavy atom. The molecule has 0 heterocycles. The van der Waals surface area contributed by atoms with Crippen LogP contribution in [0.2, 0.25) is 0 Å². The van der Waals surface area contributed by atoms with Gasteiger partial charge in [0.2, 0.25) is 10.0 Å². The Hall–Kier alpha value is -0.920. The van der Waals surface area contributed by atoms with Gasteiger partial charge < -0.3 is 5.73 Å². The largest absolute Gasteiger partial charge is 0.399 e. The Labute approximate surface area is 110 Å². The first kappa shape index (κ1) is 15.1. The zero-order valence-corrected chi connectivity index (χ0v) is 12.3. The monoisotopic (exact) mass is 290 g/mol. The molecule has 0 aliphatic rings. The summed E-state index contributed by atoms with van der Waals surface area (Å²) < 4.78 is 37.6. The van der Waals surface area contributed by atoms with Crippen molar-refractivity contribution in [3.05, 3.63) is 23.3 Å². The highest BCUT2D eigenvalue weighted by Crippen LogP contribution is 2.22. The lowest BCUT2D eigenvalue weighted by Gasteiger charge is -2.12. The molecule has 0 aromatic heterocycles. The van der Waals surface area contributed by atoms with E-state index in [1.54, 1.807) is 26.0 Å². The van der Waals surface area contributed by atoms with Crippen LogP contribution in [0.15, 0.2) is 17.0 Å². The second-order valence-electron chi connectivity index (χ2n) is 4.16. The van der Waals surface area contributed by atoms with Crippen molar-refractivity contribution in [3.63, 3.8) is 0 Å². The molecule has 0 amide bonds. The normalized spacial score (nSPS) is 13.5. The lowest BCUT2D eigenvalue weighted by Crippen LogP contribution is -2.29. The van der Waals surface area contributed by atoms with Crippen LogP contribution in [0.4, 0.5) is 5.69 Å². The smallest absolute Gasteiger partial charge is 0.241 e. The molecule has 0 fully saturated rings. The van der Waals surface area contributed by atoms with Crippen LogP contribution in [0.5, 0.6) is 0 Å². The molecule has 0 aliphatic carbocycles. The molecule has 18 heavy (non-hydrogen) atoms. The predicted octanol–water partition coefficient (Wildman–Crippen LogP) is 0.542. The van der Waals surface area contributed by atoms with Gasteiger partial charge in [-0.1, -0.05) is 0 Å². The topological polar surface area (TPSA) is 89.3 Å². The van der Waals surface area contributed by atoms with E-state index in [0.717, 1.165) is 0 Å². The maximum atomic E-state index is 12.1. The van der Waals surface area contributed by atoms with Crippen molar-refractivity contribution in [2.45, 2.75) is 18.7 Å². The zero-order chi connectivity index (χ0) is 13.9. The molecule has 0 aliphatic heterocycles. The third-order valence-corrected chi connectivity index (χ3v) is 4.98. The summed E-state index contributed by atoms with van der Waals surface area (Å²) >= 11 is 0. The van der Waals surface area contributed by atoms with Crippen molar-refractivity contribution in [3.8, 4) is 0 Å². The van der Waals surface area contributed by atoms with E-state index in [0.29, 0.717) is 22.6 Å². The number of anilines is 1. The minimum atomic E-state index is -3.57. The van der Waals surface area contributed by atoms with E-state index in [4.69, 9.17) is 5.73 Å². The summed E-state index contributed by atoms with van der Waals surface area (Å²) in [5.74, 6) is 0.298. The number of sulfonamides is 1. The number of hydrogen-bond acceptors (Lipinski definition) is 4. The quantitative estimate of drug-likeness (QED) is 0.775. The Morgan fingerprint density at radius 3 is 2.22 bits per heavy atom. The number of hydrogen-bond donors (Lipinski definition) is 2. The van der Waals surface area contributed by atoms with Gasteiger partial charge in [0, 0.05) is 35.0 Å². The second kappa shape index (κ2) is 5.81. The fourth-order valence-electron chi connectivity index (χ4n) is 1.80. The molecule has 0 radical (unpaired) electrons. The molecule has 1 unspecified atom stereocenters. The number of benzene rings is 1. The zero-order valence-electron chi connectivity index (χ0n) is 10.7. The van der Waals surface area contributed by atoms with Gasteiger partial charge in [-0.25, -0.2) is 13.1 Å². The van der Waals surface area contributed by atoms with Crippen LogP contribution >= 0.6 is 0 Å². The second-order valence-corrected chi connectivity index (χ2v) is 7.42. The van der Waals surface area contributed by atoms with E-state index in [2.05, 4.69) is 4.72 Å². The molecule has 1 aromatic rings. The molecule has 0 saturated carbocycles. The van der Waals surface area contributed by atoms with E-state index in [1.165, 1.54) is 6.26 Å². The van der Waals surface area contributed by atoms with Gasteiger partial charge in [-0.2, -0.15) is 0 Å². The third kappa shape index (κ3) is 3.79. The SMILES string of the molecule is Cc1cc(N)cc(C)c1S(=O)(=O)NCCS(C)=O. The van der Waals surface area contributed by atoms with Gasteiger partial charge in [-0.15, -0.1) is 0 Å². The van der Waals surface area contributed by atoms with Crippen LogP contribution < -0.4 is 10.5 Å². The van der Waals surface area contributed by atoms with Crippen LogP contribution in [-0.4, -0.2) is 31.2 Å². The summed E-state index contributed by atoms with van der Waals surface area (Å²) in [5, 5.41) is 0. The number of nitrogens with one attached hydrogen (secondary N) is 1. The van der Waals surface area contributed by atoms with Crippen LogP contribution in [0.3, 0.4) is 0 Å².